The fourth-order valence-electron chi connectivity index (χ4n) is 2.69. The minimum atomic E-state index is -1.07. The highest BCUT2D eigenvalue weighted by Crippen LogP contribution is 2.16. The van der Waals surface area contributed by atoms with E-state index >= 15 is 0 Å². The second-order valence-corrected chi connectivity index (χ2v) is 6.56. The van der Waals surface area contributed by atoms with E-state index in [1.165, 1.54) is 11.0 Å². The summed E-state index contributed by atoms with van der Waals surface area (Å²) in [4.78, 5) is 38.4. The van der Waals surface area contributed by atoms with Crippen molar-refractivity contribution in [2.24, 2.45) is 0 Å². The number of carboxylic acid groups (broad SMARTS) is 1. The van der Waals surface area contributed by atoms with E-state index in [-0.39, 0.29) is 37.0 Å². The maximum absolute atomic E-state index is 12.2. The lowest BCUT2D eigenvalue weighted by Gasteiger charge is -2.19. The van der Waals surface area contributed by atoms with Gasteiger partial charge in [-0.3, -0.25) is 4.79 Å². The minimum Gasteiger partial charge on any atom is -0.478 e. The van der Waals surface area contributed by atoms with Crippen LogP contribution >= 0.6 is 0 Å². The van der Waals surface area contributed by atoms with Crippen LogP contribution in [0, 0.1) is 6.92 Å². The highest BCUT2D eigenvalue weighted by molar-refractivity contribution is 5.88. The largest absolute Gasteiger partial charge is 0.478 e. The molecule has 0 aliphatic carbocycles. The van der Waals surface area contributed by atoms with Gasteiger partial charge in [0.25, 0.3) is 0 Å². The Morgan fingerprint density at radius 2 is 1.75 bits per heavy atom. The van der Waals surface area contributed by atoms with Gasteiger partial charge < -0.3 is 24.6 Å². The number of aryl methyl sites for hydroxylation is 1. The van der Waals surface area contributed by atoms with Crippen molar-refractivity contribution in [2.45, 2.75) is 26.4 Å². The SMILES string of the molecule is Cc1oc(CN(C)C(=O)CCNC(=O)N(C)Cc2ccccc2)cc1C(=O)O. The number of nitrogens with zero attached hydrogens (tertiary/aromatic N) is 2. The molecule has 0 atom stereocenters. The quantitative estimate of drug-likeness (QED) is 0.724. The number of nitrogens with one attached hydrogen (secondary N) is 1. The summed E-state index contributed by atoms with van der Waals surface area (Å²) in [6.45, 7) is 2.41. The molecule has 2 aromatic rings. The molecule has 0 unspecified atom stereocenters. The highest BCUT2D eigenvalue weighted by Gasteiger charge is 2.17. The van der Waals surface area contributed by atoms with Gasteiger partial charge in [0.15, 0.2) is 0 Å². The Morgan fingerprint density at radius 1 is 1.07 bits per heavy atom. The van der Waals surface area contributed by atoms with E-state index in [0.717, 1.165) is 5.56 Å². The second-order valence-electron chi connectivity index (χ2n) is 6.56. The fraction of sp³-hybridized carbons (Fsp3) is 0.350. The summed E-state index contributed by atoms with van der Waals surface area (Å²) in [5, 5.41) is 11.8. The van der Waals surface area contributed by atoms with Gasteiger partial charge in [0, 0.05) is 33.6 Å². The molecule has 1 aromatic carbocycles. The zero-order valence-corrected chi connectivity index (χ0v) is 16.3. The van der Waals surface area contributed by atoms with Gasteiger partial charge in [0.05, 0.1) is 6.54 Å². The standard InChI is InChI=1S/C20H25N3O5/c1-14-17(19(25)26)11-16(28-14)13-22(2)18(24)9-10-21-20(27)23(3)12-15-7-5-4-6-8-15/h4-8,11H,9-10,12-13H2,1-3H3,(H,21,27)(H,25,26). The third kappa shape index (κ3) is 5.87. The van der Waals surface area contributed by atoms with Gasteiger partial charge in [-0.2, -0.15) is 0 Å². The van der Waals surface area contributed by atoms with Crippen LogP contribution in [0.5, 0.6) is 0 Å². The van der Waals surface area contributed by atoms with Gasteiger partial charge in [0.1, 0.15) is 17.1 Å². The molecule has 0 radical (unpaired) electrons. The molecule has 8 heteroatoms. The first kappa shape index (κ1) is 21.0. The number of carboxylic acids is 1. The monoisotopic (exact) mass is 387 g/mol. The Morgan fingerprint density at radius 3 is 2.36 bits per heavy atom. The Bertz CT molecular complexity index is 832. The summed E-state index contributed by atoms with van der Waals surface area (Å²) < 4.78 is 5.38. The van der Waals surface area contributed by atoms with E-state index in [9.17, 15) is 14.4 Å². The van der Waals surface area contributed by atoms with Crippen molar-refractivity contribution in [2.75, 3.05) is 20.6 Å². The second kappa shape index (κ2) is 9.59. The molecular weight excluding hydrogens is 362 g/mol. The minimum absolute atomic E-state index is 0.0876. The van der Waals surface area contributed by atoms with Crippen LogP contribution in [0.4, 0.5) is 4.79 Å². The third-order valence-corrected chi connectivity index (χ3v) is 4.24. The highest BCUT2D eigenvalue weighted by atomic mass is 16.4. The molecule has 2 rings (SSSR count). The molecule has 2 N–H and O–H groups in total. The van der Waals surface area contributed by atoms with Crippen LogP contribution in [0.3, 0.4) is 0 Å². The number of furan rings is 1. The number of hydrogen-bond donors (Lipinski definition) is 2. The van der Waals surface area contributed by atoms with E-state index in [4.69, 9.17) is 9.52 Å². The molecule has 0 fully saturated rings. The lowest BCUT2D eigenvalue weighted by Crippen LogP contribution is -2.39. The van der Waals surface area contributed by atoms with Crippen LogP contribution in [0.25, 0.3) is 0 Å². The number of amides is 3. The van der Waals surface area contributed by atoms with Crippen LogP contribution in [0.2, 0.25) is 0 Å². The van der Waals surface area contributed by atoms with Gasteiger partial charge in [-0.1, -0.05) is 30.3 Å². The van der Waals surface area contributed by atoms with Crippen molar-refractivity contribution in [1.29, 1.82) is 0 Å². The molecule has 0 aliphatic rings. The van der Waals surface area contributed by atoms with Crippen molar-refractivity contribution in [3.8, 4) is 0 Å². The van der Waals surface area contributed by atoms with E-state index < -0.39 is 5.97 Å². The summed E-state index contributed by atoms with van der Waals surface area (Å²) in [7, 11) is 3.29. The fourth-order valence-corrected chi connectivity index (χ4v) is 2.69. The van der Waals surface area contributed by atoms with Crippen molar-refractivity contribution >= 4 is 17.9 Å². The van der Waals surface area contributed by atoms with Crippen molar-refractivity contribution in [3.05, 3.63) is 59.0 Å². The van der Waals surface area contributed by atoms with Crippen molar-refractivity contribution < 1.29 is 23.9 Å². The molecule has 0 bridgehead atoms. The summed E-state index contributed by atoms with van der Waals surface area (Å²) >= 11 is 0. The number of hydrogen-bond acceptors (Lipinski definition) is 4. The lowest BCUT2D eigenvalue weighted by molar-refractivity contribution is -0.130. The maximum atomic E-state index is 12.2. The molecule has 150 valence electrons. The first-order valence-corrected chi connectivity index (χ1v) is 8.87. The maximum Gasteiger partial charge on any atom is 0.339 e. The number of urea groups is 1. The van der Waals surface area contributed by atoms with Crippen LogP contribution in [0.15, 0.2) is 40.8 Å². The van der Waals surface area contributed by atoms with Crippen LogP contribution < -0.4 is 5.32 Å². The zero-order chi connectivity index (χ0) is 20.7. The Labute approximate surface area is 163 Å². The summed E-state index contributed by atoms with van der Waals surface area (Å²) in [6.07, 6.45) is 0.132. The molecule has 0 saturated carbocycles. The van der Waals surface area contributed by atoms with Crippen LogP contribution in [-0.2, 0) is 17.9 Å². The smallest absolute Gasteiger partial charge is 0.339 e. The lowest BCUT2D eigenvalue weighted by atomic mass is 10.2. The van der Waals surface area contributed by atoms with E-state index in [2.05, 4.69) is 5.32 Å². The number of rotatable bonds is 8. The van der Waals surface area contributed by atoms with Gasteiger partial charge in [-0.25, -0.2) is 9.59 Å². The average molecular weight is 387 g/mol. The van der Waals surface area contributed by atoms with Gasteiger partial charge in [-0.05, 0) is 18.6 Å². The molecule has 0 saturated heterocycles. The Kier molecular flexibility index (Phi) is 7.20. The third-order valence-electron chi connectivity index (χ3n) is 4.24. The van der Waals surface area contributed by atoms with E-state index in [1.807, 2.05) is 30.3 Å². The Hall–Kier alpha value is -3.29. The summed E-state index contributed by atoms with van der Waals surface area (Å²) in [5.41, 5.74) is 1.11. The molecule has 8 nitrogen and oxygen atoms in total. The summed E-state index contributed by atoms with van der Waals surface area (Å²) in [5.74, 6) is -0.546. The molecule has 1 heterocycles. The van der Waals surface area contributed by atoms with Gasteiger partial charge in [-0.15, -0.1) is 0 Å². The first-order chi connectivity index (χ1) is 13.3. The van der Waals surface area contributed by atoms with Crippen molar-refractivity contribution in [1.82, 2.24) is 15.1 Å². The normalized spacial score (nSPS) is 10.4. The number of carbonyl (C=O) groups excluding carboxylic acids is 2. The Balaban J connectivity index is 1.76. The number of benzene rings is 1. The topological polar surface area (TPSA) is 103 Å². The summed E-state index contributed by atoms with van der Waals surface area (Å²) in [6, 6.07) is 10.8. The molecule has 1 aromatic heterocycles. The molecule has 0 spiro atoms. The molecule has 28 heavy (non-hydrogen) atoms. The molecule has 0 aliphatic heterocycles. The number of aromatic carboxylic acids is 1. The zero-order valence-electron chi connectivity index (χ0n) is 16.3. The first-order valence-electron chi connectivity index (χ1n) is 8.87. The van der Waals surface area contributed by atoms with Crippen molar-refractivity contribution in [3.63, 3.8) is 0 Å². The predicted molar refractivity (Wildman–Crippen MR) is 103 cm³/mol. The van der Waals surface area contributed by atoms with E-state index in [1.54, 1.807) is 25.9 Å². The average Bonchev–Trinajstić information content (AvgIpc) is 3.02. The predicted octanol–water partition coefficient (Wildman–Crippen LogP) is 2.48. The van der Waals surface area contributed by atoms with Gasteiger partial charge in [0.2, 0.25) is 5.91 Å². The van der Waals surface area contributed by atoms with Crippen LogP contribution in [-0.4, -0.2) is 53.5 Å². The van der Waals surface area contributed by atoms with E-state index in [0.29, 0.717) is 18.1 Å². The molecular formula is C20H25N3O5. The van der Waals surface area contributed by atoms with Crippen LogP contribution in [0.1, 0.15) is 33.9 Å². The molecule has 3 amide bonds. The van der Waals surface area contributed by atoms with Gasteiger partial charge >= 0.3 is 12.0 Å². The number of carbonyl (C=O) groups is 3.